The number of hydrogen-bond acceptors (Lipinski definition) is 6. The van der Waals surface area contributed by atoms with Gasteiger partial charge in [-0.1, -0.05) is 12.8 Å². The molecule has 4 N–H and O–H groups in total. The summed E-state index contributed by atoms with van der Waals surface area (Å²) in [4.78, 5) is 20.6. The molecule has 2 saturated carbocycles. The van der Waals surface area contributed by atoms with Crippen LogP contribution in [0.4, 0.5) is 19.1 Å². The number of nitrogens with one attached hydrogen (secondary N) is 1. The van der Waals surface area contributed by atoms with Gasteiger partial charge in [0, 0.05) is 12.2 Å². The van der Waals surface area contributed by atoms with Gasteiger partial charge in [-0.3, -0.25) is 4.79 Å². The van der Waals surface area contributed by atoms with E-state index in [2.05, 4.69) is 15.3 Å². The number of aromatic nitrogens is 2. The molecule has 0 saturated heterocycles. The number of carbonyl (C=O) groups is 1. The molecule has 7 nitrogen and oxygen atoms in total. The average molecular weight is 444 g/mol. The lowest BCUT2D eigenvalue weighted by atomic mass is 9.92. The van der Waals surface area contributed by atoms with Crippen LogP contribution in [0.5, 0.6) is 0 Å². The highest BCUT2D eigenvalue weighted by molar-refractivity contribution is 5.93. The maximum Gasteiger partial charge on any atom is 0.411 e. The zero-order valence-corrected chi connectivity index (χ0v) is 17.5. The van der Waals surface area contributed by atoms with Crippen molar-refractivity contribution in [2.75, 3.05) is 11.9 Å². The Morgan fingerprint density at radius 1 is 1.19 bits per heavy atom. The van der Waals surface area contributed by atoms with Gasteiger partial charge in [0.1, 0.15) is 6.61 Å². The predicted octanol–water partition coefficient (Wildman–Crippen LogP) is 3.36. The van der Waals surface area contributed by atoms with Gasteiger partial charge < -0.3 is 20.9 Å². The summed E-state index contributed by atoms with van der Waals surface area (Å²) in [6.45, 7) is -1.22. The summed E-state index contributed by atoms with van der Waals surface area (Å²) in [5, 5.41) is 13.3. The quantitative estimate of drug-likeness (QED) is 0.556. The summed E-state index contributed by atoms with van der Waals surface area (Å²) >= 11 is 0. The van der Waals surface area contributed by atoms with Crippen molar-refractivity contribution < 1.29 is 27.8 Å². The molecule has 0 radical (unpaired) electrons. The van der Waals surface area contributed by atoms with Gasteiger partial charge in [0.15, 0.2) is 0 Å². The minimum atomic E-state index is -4.31. The molecule has 2 fully saturated rings. The smallest absolute Gasteiger partial charge is 0.393 e. The van der Waals surface area contributed by atoms with Gasteiger partial charge in [-0.2, -0.15) is 13.2 Å². The number of nitrogens with zero attached hydrogens (tertiary/aromatic N) is 2. The van der Waals surface area contributed by atoms with E-state index in [1.807, 2.05) is 0 Å². The third kappa shape index (κ3) is 7.60. The van der Waals surface area contributed by atoms with E-state index < -0.39 is 24.8 Å². The van der Waals surface area contributed by atoms with E-state index in [1.54, 1.807) is 0 Å². The first kappa shape index (κ1) is 23.7. The third-order valence-electron chi connectivity index (χ3n) is 6.11. The van der Waals surface area contributed by atoms with Gasteiger partial charge in [-0.05, 0) is 57.3 Å². The Morgan fingerprint density at radius 3 is 2.58 bits per heavy atom. The van der Waals surface area contributed by atoms with Crippen molar-refractivity contribution in [3.05, 3.63) is 17.5 Å². The number of hydrogen-bond donors (Lipinski definition) is 3. The number of alkyl halides is 3. The summed E-state index contributed by atoms with van der Waals surface area (Å²) in [5.41, 5.74) is 6.36. The summed E-state index contributed by atoms with van der Waals surface area (Å²) in [5.74, 6) is 0.0199. The van der Waals surface area contributed by atoms with Crippen LogP contribution in [0.25, 0.3) is 0 Å². The molecule has 2 aliphatic rings. The minimum absolute atomic E-state index is 0.0257. The van der Waals surface area contributed by atoms with Crippen LogP contribution in [-0.4, -0.2) is 52.0 Å². The molecule has 0 bridgehead atoms. The first-order chi connectivity index (χ1) is 14.7. The lowest BCUT2D eigenvalue weighted by molar-refractivity contribution is -0.187. The van der Waals surface area contributed by atoms with Gasteiger partial charge in [0.05, 0.1) is 23.5 Å². The molecule has 0 unspecified atom stereocenters. The molecule has 0 aliphatic heterocycles. The molecule has 3 rings (SSSR count). The van der Waals surface area contributed by atoms with E-state index in [-0.39, 0.29) is 23.6 Å². The maximum atomic E-state index is 12.3. The van der Waals surface area contributed by atoms with E-state index in [9.17, 15) is 23.1 Å². The lowest BCUT2D eigenvalue weighted by Crippen LogP contribution is -2.32. The fraction of sp³-hybridized carbons (Fsp3) is 0.762. The molecule has 1 aromatic rings. The Hall–Kier alpha value is -1.94. The van der Waals surface area contributed by atoms with Crippen LogP contribution in [0.2, 0.25) is 0 Å². The first-order valence-corrected chi connectivity index (χ1v) is 11.0. The van der Waals surface area contributed by atoms with E-state index in [0.717, 1.165) is 25.7 Å². The van der Waals surface area contributed by atoms with Gasteiger partial charge in [0.2, 0.25) is 5.95 Å². The average Bonchev–Trinajstić information content (AvgIpc) is 2.90. The fourth-order valence-electron chi connectivity index (χ4n) is 4.51. The second-order valence-electron chi connectivity index (χ2n) is 8.71. The highest BCUT2D eigenvalue weighted by Crippen LogP contribution is 2.28. The topological polar surface area (TPSA) is 110 Å². The van der Waals surface area contributed by atoms with Gasteiger partial charge in [-0.15, -0.1) is 0 Å². The number of anilines is 1. The second-order valence-corrected chi connectivity index (χ2v) is 8.71. The summed E-state index contributed by atoms with van der Waals surface area (Å²) in [6.07, 6.45) is 3.74. The number of aliphatic hydroxyl groups excluding tert-OH is 1. The number of amides is 1. The first-order valence-electron chi connectivity index (χ1n) is 11.0. The number of carbonyl (C=O) groups excluding carboxylic acids is 1. The number of nitrogens with two attached hydrogens (primary N) is 1. The SMILES string of the molecule is NC(=O)c1cnc(NC2CCC(OCC(F)(F)F)CC2)nc1C[C@@H]1CCCC[C@H](O)C1. The zero-order chi connectivity index (χ0) is 22.4. The van der Waals surface area contributed by atoms with Crippen molar-refractivity contribution >= 4 is 11.9 Å². The zero-order valence-electron chi connectivity index (χ0n) is 17.5. The van der Waals surface area contributed by atoms with Crippen LogP contribution in [-0.2, 0) is 11.2 Å². The molecule has 0 aromatic carbocycles. The van der Waals surface area contributed by atoms with Gasteiger partial charge >= 0.3 is 6.18 Å². The van der Waals surface area contributed by atoms with Crippen molar-refractivity contribution in [3.63, 3.8) is 0 Å². The Kier molecular flexibility index (Phi) is 8.10. The Balaban J connectivity index is 1.59. The highest BCUT2D eigenvalue weighted by Gasteiger charge is 2.31. The van der Waals surface area contributed by atoms with Crippen LogP contribution in [0.3, 0.4) is 0 Å². The van der Waals surface area contributed by atoms with Crippen molar-refractivity contribution in [2.24, 2.45) is 11.7 Å². The lowest BCUT2D eigenvalue weighted by Gasteiger charge is -2.29. The molecule has 174 valence electrons. The Labute approximate surface area is 180 Å². The maximum absolute atomic E-state index is 12.3. The number of halogens is 3. The van der Waals surface area contributed by atoms with Crippen LogP contribution < -0.4 is 11.1 Å². The monoisotopic (exact) mass is 444 g/mol. The molecular formula is C21H31F3N4O3. The van der Waals surface area contributed by atoms with E-state index in [4.69, 9.17) is 10.5 Å². The molecule has 1 heterocycles. The Morgan fingerprint density at radius 2 is 1.90 bits per heavy atom. The Bertz CT molecular complexity index is 739. The van der Waals surface area contributed by atoms with E-state index in [0.29, 0.717) is 50.2 Å². The van der Waals surface area contributed by atoms with E-state index in [1.165, 1.54) is 6.20 Å². The summed E-state index contributed by atoms with van der Waals surface area (Å²) in [7, 11) is 0. The molecular weight excluding hydrogens is 413 g/mol. The fourth-order valence-corrected chi connectivity index (χ4v) is 4.51. The predicted molar refractivity (Wildman–Crippen MR) is 109 cm³/mol. The van der Waals surface area contributed by atoms with Crippen molar-refractivity contribution in [3.8, 4) is 0 Å². The van der Waals surface area contributed by atoms with E-state index >= 15 is 0 Å². The number of rotatable bonds is 7. The number of primary amides is 1. The molecule has 31 heavy (non-hydrogen) atoms. The minimum Gasteiger partial charge on any atom is -0.393 e. The number of aliphatic hydroxyl groups is 1. The standard InChI is InChI=1S/C21H31F3N4O3/c22-21(23,24)12-31-16-7-5-14(6-8-16)27-20-26-11-17(19(25)30)18(28-20)10-13-3-1-2-4-15(29)9-13/h11,13-16,29H,1-10,12H2,(H2,25,30)(H,26,27,28)/t13-,14?,15+,16?/m1/s1. The largest absolute Gasteiger partial charge is 0.411 e. The molecule has 1 amide bonds. The van der Waals surface area contributed by atoms with Crippen LogP contribution >= 0.6 is 0 Å². The van der Waals surface area contributed by atoms with Gasteiger partial charge in [0.25, 0.3) is 5.91 Å². The number of ether oxygens (including phenoxy) is 1. The normalized spacial score (nSPS) is 27.5. The van der Waals surface area contributed by atoms with Crippen molar-refractivity contribution in [1.29, 1.82) is 0 Å². The summed E-state index contributed by atoms with van der Waals surface area (Å²) in [6, 6.07) is 0.0257. The summed E-state index contributed by atoms with van der Waals surface area (Å²) < 4.78 is 41.9. The second kappa shape index (κ2) is 10.6. The molecule has 2 aliphatic carbocycles. The van der Waals surface area contributed by atoms with Crippen LogP contribution in [0.15, 0.2) is 6.20 Å². The highest BCUT2D eigenvalue weighted by atomic mass is 19.4. The van der Waals surface area contributed by atoms with Crippen molar-refractivity contribution in [1.82, 2.24) is 9.97 Å². The molecule has 1 aromatic heterocycles. The van der Waals surface area contributed by atoms with Crippen LogP contribution in [0.1, 0.15) is 73.8 Å². The third-order valence-corrected chi connectivity index (χ3v) is 6.11. The molecule has 10 heteroatoms. The molecule has 2 atom stereocenters. The van der Waals surface area contributed by atoms with Crippen LogP contribution in [0, 0.1) is 5.92 Å². The molecule has 0 spiro atoms. The van der Waals surface area contributed by atoms with Gasteiger partial charge in [-0.25, -0.2) is 9.97 Å². The van der Waals surface area contributed by atoms with Crippen molar-refractivity contribution in [2.45, 2.75) is 88.6 Å².